The summed E-state index contributed by atoms with van der Waals surface area (Å²) in [6.07, 6.45) is 0.245. The van der Waals surface area contributed by atoms with Gasteiger partial charge < -0.3 is 4.74 Å². The number of hydrogen-bond donors (Lipinski definition) is 2. The molecule has 8 heteroatoms. The molecule has 2 rings (SSSR count). The minimum Gasteiger partial charge on any atom is -0.466 e. The maximum Gasteiger partial charge on any atom is 0.336 e. The van der Waals surface area contributed by atoms with Gasteiger partial charge in [0.25, 0.3) is 0 Å². The minimum atomic E-state index is -0.182. The summed E-state index contributed by atoms with van der Waals surface area (Å²) in [7, 11) is 3.31. The number of nitrogens with one attached hydrogen (secondary N) is 2. The van der Waals surface area contributed by atoms with E-state index < -0.39 is 0 Å². The molecule has 2 heterocycles. The van der Waals surface area contributed by atoms with Gasteiger partial charge in [-0.25, -0.2) is 5.10 Å². The van der Waals surface area contributed by atoms with Crippen molar-refractivity contribution in [2.45, 2.75) is 20.3 Å². The van der Waals surface area contributed by atoms with E-state index in [1.54, 1.807) is 4.68 Å². The Hall–Kier alpha value is -2.38. The monoisotopic (exact) mass is 264 g/mol. The molecule has 19 heavy (non-hydrogen) atoms. The summed E-state index contributed by atoms with van der Waals surface area (Å²) >= 11 is 0. The molecule has 0 spiro atoms. The van der Waals surface area contributed by atoms with Crippen molar-refractivity contribution >= 4 is 11.9 Å². The third-order valence-electron chi connectivity index (χ3n) is 2.90. The SMILES string of the molecule is COc1n[nH]c(NC(=O)Cc2c(C)nn(C)c2C)n1. The van der Waals surface area contributed by atoms with Crippen LogP contribution in [0.15, 0.2) is 0 Å². The highest BCUT2D eigenvalue weighted by atomic mass is 16.5. The lowest BCUT2D eigenvalue weighted by molar-refractivity contribution is -0.115. The topological polar surface area (TPSA) is 97.7 Å². The van der Waals surface area contributed by atoms with Crippen molar-refractivity contribution in [3.63, 3.8) is 0 Å². The van der Waals surface area contributed by atoms with E-state index in [2.05, 4.69) is 25.6 Å². The molecule has 2 N–H and O–H groups in total. The van der Waals surface area contributed by atoms with Crippen LogP contribution in [-0.4, -0.2) is 38.0 Å². The Morgan fingerprint density at radius 1 is 1.47 bits per heavy atom. The molecule has 0 saturated heterocycles. The molecule has 0 atom stereocenters. The van der Waals surface area contributed by atoms with Crippen LogP contribution in [0.1, 0.15) is 17.0 Å². The number of amides is 1. The van der Waals surface area contributed by atoms with Gasteiger partial charge in [-0.15, -0.1) is 5.10 Å². The summed E-state index contributed by atoms with van der Waals surface area (Å²) in [5.74, 6) is 0.0825. The van der Waals surface area contributed by atoms with Crippen LogP contribution in [0, 0.1) is 13.8 Å². The second-order valence-corrected chi connectivity index (χ2v) is 4.17. The van der Waals surface area contributed by atoms with Gasteiger partial charge in [0.05, 0.1) is 19.2 Å². The van der Waals surface area contributed by atoms with Gasteiger partial charge >= 0.3 is 6.01 Å². The van der Waals surface area contributed by atoms with Crippen molar-refractivity contribution in [3.8, 4) is 6.01 Å². The quantitative estimate of drug-likeness (QED) is 0.830. The zero-order valence-corrected chi connectivity index (χ0v) is 11.3. The van der Waals surface area contributed by atoms with Crippen LogP contribution in [0.2, 0.25) is 0 Å². The number of aromatic amines is 1. The van der Waals surface area contributed by atoms with Gasteiger partial charge in [0.15, 0.2) is 0 Å². The van der Waals surface area contributed by atoms with Gasteiger partial charge in [-0.1, -0.05) is 0 Å². The summed E-state index contributed by atoms with van der Waals surface area (Å²) in [6, 6.07) is 0.184. The van der Waals surface area contributed by atoms with E-state index in [1.165, 1.54) is 7.11 Å². The van der Waals surface area contributed by atoms with Crippen molar-refractivity contribution in [2.75, 3.05) is 12.4 Å². The van der Waals surface area contributed by atoms with Crippen molar-refractivity contribution in [1.29, 1.82) is 0 Å². The molecule has 2 aromatic heterocycles. The van der Waals surface area contributed by atoms with E-state index in [0.717, 1.165) is 17.0 Å². The third kappa shape index (κ3) is 2.72. The molecule has 0 bridgehead atoms. The predicted molar refractivity (Wildman–Crippen MR) is 68.0 cm³/mol. The number of carbonyl (C=O) groups is 1. The maximum absolute atomic E-state index is 11.9. The Morgan fingerprint density at radius 2 is 2.21 bits per heavy atom. The lowest BCUT2D eigenvalue weighted by Crippen LogP contribution is -2.16. The number of H-pyrrole nitrogens is 1. The maximum atomic E-state index is 11.9. The van der Waals surface area contributed by atoms with E-state index >= 15 is 0 Å². The smallest absolute Gasteiger partial charge is 0.336 e. The molecule has 0 aliphatic rings. The molecule has 0 radical (unpaired) electrons. The standard InChI is InChI=1S/C11H16N6O2/c1-6-8(7(2)17(3)16-6)5-9(18)12-10-13-11(19-4)15-14-10/h5H2,1-4H3,(H2,12,13,14,15,18). The van der Waals surface area contributed by atoms with Crippen molar-refractivity contribution in [2.24, 2.45) is 7.05 Å². The fourth-order valence-corrected chi connectivity index (χ4v) is 1.80. The molecule has 0 unspecified atom stereocenters. The second kappa shape index (κ2) is 5.09. The van der Waals surface area contributed by atoms with Gasteiger partial charge in [0, 0.05) is 18.3 Å². The zero-order chi connectivity index (χ0) is 14.0. The fourth-order valence-electron chi connectivity index (χ4n) is 1.80. The first-order valence-electron chi connectivity index (χ1n) is 5.76. The van der Waals surface area contributed by atoms with Crippen LogP contribution < -0.4 is 10.1 Å². The first-order valence-corrected chi connectivity index (χ1v) is 5.76. The van der Waals surface area contributed by atoms with Crippen LogP contribution in [0.25, 0.3) is 0 Å². The summed E-state index contributed by atoms with van der Waals surface area (Å²) in [6.45, 7) is 3.81. The van der Waals surface area contributed by atoms with Crippen LogP contribution >= 0.6 is 0 Å². The molecule has 0 fully saturated rings. The normalized spacial score (nSPS) is 10.5. The van der Waals surface area contributed by atoms with Crippen LogP contribution in [0.4, 0.5) is 5.95 Å². The third-order valence-corrected chi connectivity index (χ3v) is 2.90. The van der Waals surface area contributed by atoms with Gasteiger partial charge in [-0.2, -0.15) is 10.1 Å². The van der Waals surface area contributed by atoms with Crippen LogP contribution in [0.3, 0.4) is 0 Å². The molecule has 0 aliphatic carbocycles. The van der Waals surface area contributed by atoms with Crippen LogP contribution in [-0.2, 0) is 18.3 Å². The average Bonchev–Trinajstić information content (AvgIpc) is 2.90. The molecule has 1 amide bonds. The lowest BCUT2D eigenvalue weighted by Gasteiger charge is -2.02. The number of hydrogen-bond acceptors (Lipinski definition) is 5. The van der Waals surface area contributed by atoms with E-state index in [9.17, 15) is 4.79 Å². The lowest BCUT2D eigenvalue weighted by atomic mass is 10.1. The Labute approximate surface area is 110 Å². The first-order chi connectivity index (χ1) is 9.01. The Kier molecular flexibility index (Phi) is 3.50. The highest BCUT2D eigenvalue weighted by Crippen LogP contribution is 2.13. The number of nitrogens with zero attached hydrogens (tertiary/aromatic N) is 4. The first kappa shape index (κ1) is 13.1. The van der Waals surface area contributed by atoms with E-state index in [1.807, 2.05) is 20.9 Å². The Bertz CT molecular complexity index is 600. The van der Waals surface area contributed by atoms with Crippen molar-refractivity contribution in [3.05, 3.63) is 17.0 Å². The number of anilines is 1. The largest absolute Gasteiger partial charge is 0.466 e. The Balaban J connectivity index is 2.05. The summed E-state index contributed by atoms with van der Waals surface area (Å²) in [4.78, 5) is 15.8. The summed E-state index contributed by atoms with van der Waals surface area (Å²) in [5.41, 5.74) is 2.75. The number of carbonyl (C=O) groups excluding carboxylic acids is 1. The number of rotatable bonds is 4. The van der Waals surface area contributed by atoms with E-state index in [0.29, 0.717) is 0 Å². The molecule has 102 valence electrons. The molecule has 0 saturated carbocycles. The average molecular weight is 264 g/mol. The van der Waals surface area contributed by atoms with Crippen molar-refractivity contribution < 1.29 is 9.53 Å². The van der Waals surface area contributed by atoms with Gasteiger partial charge in [-0.3, -0.25) is 14.8 Å². The summed E-state index contributed by atoms with van der Waals surface area (Å²) < 4.78 is 6.58. The Morgan fingerprint density at radius 3 is 2.74 bits per heavy atom. The van der Waals surface area contributed by atoms with Gasteiger partial charge in [0.2, 0.25) is 11.9 Å². The highest BCUT2D eigenvalue weighted by Gasteiger charge is 2.14. The second-order valence-electron chi connectivity index (χ2n) is 4.17. The van der Waals surface area contributed by atoms with E-state index in [4.69, 9.17) is 4.74 Å². The molecule has 8 nitrogen and oxygen atoms in total. The summed E-state index contributed by atoms with van der Waals surface area (Å²) in [5, 5.41) is 13.2. The fraction of sp³-hybridized carbons (Fsp3) is 0.455. The molecule has 0 aliphatic heterocycles. The highest BCUT2D eigenvalue weighted by molar-refractivity contribution is 5.90. The van der Waals surface area contributed by atoms with Crippen LogP contribution in [0.5, 0.6) is 6.01 Å². The number of aromatic nitrogens is 5. The molecular formula is C11H16N6O2. The molecule has 0 aromatic carbocycles. The van der Waals surface area contributed by atoms with Gasteiger partial charge in [0.1, 0.15) is 0 Å². The number of ether oxygens (including phenoxy) is 1. The molecular weight excluding hydrogens is 248 g/mol. The van der Waals surface area contributed by atoms with Gasteiger partial charge in [-0.05, 0) is 13.8 Å². The zero-order valence-electron chi connectivity index (χ0n) is 11.3. The van der Waals surface area contributed by atoms with E-state index in [-0.39, 0.29) is 24.3 Å². The number of aryl methyl sites for hydroxylation is 2. The predicted octanol–water partition coefficient (Wildman–Crippen LogP) is 0.345. The molecule has 2 aromatic rings. The minimum absolute atomic E-state index is 0.182. The number of methoxy groups -OCH3 is 1. The van der Waals surface area contributed by atoms with Crippen molar-refractivity contribution in [1.82, 2.24) is 25.0 Å².